The Hall–Kier alpha value is -2.99. The van der Waals surface area contributed by atoms with Gasteiger partial charge in [-0.15, -0.1) is 0 Å². The van der Waals surface area contributed by atoms with Crippen LogP contribution in [0.5, 0.6) is 11.5 Å². The van der Waals surface area contributed by atoms with Crippen molar-refractivity contribution in [3.8, 4) is 22.8 Å². The summed E-state index contributed by atoms with van der Waals surface area (Å²) in [6, 6.07) is 14.9. The van der Waals surface area contributed by atoms with Crippen LogP contribution in [-0.4, -0.2) is 30.3 Å². The third kappa shape index (κ3) is 4.60. The van der Waals surface area contributed by atoms with E-state index in [1.165, 1.54) is 0 Å². The van der Waals surface area contributed by atoms with Gasteiger partial charge in [0.05, 0.1) is 24.9 Å². The van der Waals surface area contributed by atoms with E-state index in [1.807, 2.05) is 36.4 Å². The van der Waals surface area contributed by atoms with Crippen LogP contribution in [0, 0.1) is 0 Å². The summed E-state index contributed by atoms with van der Waals surface area (Å²) in [6.07, 6.45) is 0.888. The first-order valence-electron chi connectivity index (χ1n) is 8.41. The molecule has 1 aromatic heterocycles. The molecule has 2 N–H and O–H groups in total. The third-order valence-corrected chi connectivity index (χ3v) is 4.39. The van der Waals surface area contributed by atoms with E-state index >= 15 is 0 Å². The summed E-state index contributed by atoms with van der Waals surface area (Å²) in [7, 11) is 3.18. The van der Waals surface area contributed by atoms with Gasteiger partial charge in [0.1, 0.15) is 11.5 Å². The standard InChI is InChI=1S/C20H20ClN3O3/c1-26-17-6-4-3-5-14(17)16-12-19(24-23-16)22-20(25)10-8-13-7-9-18(27-2)15(21)11-13/h3-7,9,11-12H,8,10H2,1-2H3,(H2,22,23,24,25). The second-order valence-corrected chi connectivity index (χ2v) is 6.29. The van der Waals surface area contributed by atoms with Gasteiger partial charge in [-0.2, -0.15) is 5.10 Å². The van der Waals surface area contributed by atoms with E-state index in [0.29, 0.717) is 29.4 Å². The van der Waals surface area contributed by atoms with Gasteiger partial charge in [0.25, 0.3) is 0 Å². The quantitative estimate of drug-likeness (QED) is 0.635. The second-order valence-electron chi connectivity index (χ2n) is 5.88. The normalized spacial score (nSPS) is 10.5. The fraction of sp³-hybridized carbons (Fsp3) is 0.200. The van der Waals surface area contributed by atoms with E-state index in [-0.39, 0.29) is 5.91 Å². The molecular formula is C20H20ClN3O3. The highest BCUT2D eigenvalue weighted by molar-refractivity contribution is 6.32. The molecule has 3 rings (SSSR count). The lowest BCUT2D eigenvalue weighted by Gasteiger charge is -2.06. The van der Waals surface area contributed by atoms with Gasteiger partial charge in [-0.3, -0.25) is 9.89 Å². The van der Waals surface area contributed by atoms with E-state index in [4.69, 9.17) is 21.1 Å². The minimum Gasteiger partial charge on any atom is -0.496 e. The molecule has 0 aliphatic heterocycles. The lowest BCUT2D eigenvalue weighted by atomic mass is 10.1. The predicted octanol–water partition coefficient (Wildman–Crippen LogP) is 4.32. The van der Waals surface area contributed by atoms with Crippen molar-refractivity contribution in [2.45, 2.75) is 12.8 Å². The number of benzene rings is 2. The molecule has 0 saturated carbocycles. The fourth-order valence-corrected chi connectivity index (χ4v) is 3.00. The number of nitrogens with zero attached hydrogens (tertiary/aromatic N) is 1. The lowest BCUT2D eigenvalue weighted by Crippen LogP contribution is -2.12. The first kappa shape index (κ1) is 18.8. The van der Waals surface area contributed by atoms with E-state index in [9.17, 15) is 4.79 Å². The SMILES string of the molecule is COc1ccc(CCC(=O)Nc2cc(-c3ccccc3OC)[nH]n2)cc1Cl. The Balaban J connectivity index is 1.60. The van der Waals surface area contributed by atoms with Crippen LogP contribution in [0.2, 0.25) is 5.02 Å². The number of nitrogens with one attached hydrogen (secondary N) is 2. The van der Waals surface area contributed by atoms with Gasteiger partial charge in [-0.05, 0) is 36.2 Å². The Morgan fingerprint density at radius 3 is 2.63 bits per heavy atom. The van der Waals surface area contributed by atoms with Crippen LogP contribution >= 0.6 is 11.6 Å². The maximum atomic E-state index is 12.2. The van der Waals surface area contributed by atoms with E-state index in [1.54, 1.807) is 26.4 Å². The molecule has 3 aromatic rings. The molecule has 0 atom stereocenters. The summed E-state index contributed by atoms with van der Waals surface area (Å²) in [5.41, 5.74) is 2.61. The number of rotatable bonds is 7. The average molecular weight is 386 g/mol. The first-order chi connectivity index (χ1) is 13.1. The minimum atomic E-state index is -0.125. The zero-order chi connectivity index (χ0) is 19.2. The maximum Gasteiger partial charge on any atom is 0.225 e. The number of aromatic amines is 1. The minimum absolute atomic E-state index is 0.125. The molecule has 0 fully saturated rings. The number of ether oxygens (including phenoxy) is 2. The molecule has 140 valence electrons. The summed E-state index contributed by atoms with van der Waals surface area (Å²) in [6.45, 7) is 0. The number of para-hydroxylation sites is 1. The highest BCUT2D eigenvalue weighted by Gasteiger charge is 2.11. The van der Waals surface area contributed by atoms with Crippen molar-refractivity contribution >= 4 is 23.3 Å². The molecule has 0 aliphatic rings. The van der Waals surface area contributed by atoms with E-state index in [2.05, 4.69) is 15.5 Å². The summed E-state index contributed by atoms with van der Waals surface area (Å²) >= 11 is 6.11. The highest BCUT2D eigenvalue weighted by Crippen LogP contribution is 2.29. The molecule has 1 heterocycles. The molecule has 0 radical (unpaired) electrons. The molecule has 1 amide bonds. The maximum absolute atomic E-state index is 12.2. The van der Waals surface area contributed by atoms with Crippen LogP contribution in [0.1, 0.15) is 12.0 Å². The summed E-state index contributed by atoms with van der Waals surface area (Å²) in [5.74, 6) is 1.69. The molecule has 0 aliphatic carbocycles. The molecule has 6 nitrogen and oxygen atoms in total. The highest BCUT2D eigenvalue weighted by atomic mass is 35.5. The number of anilines is 1. The Morgan fingerprint density at radius 2 is 1.89 bits per heavy atom. The molecule has 0 unspecified atom stereocenters. The van der Waals surface area contributed by atoms with Gasteiger partial charge >= 0.3 is 0 Å². The number of carbonyl (C=O) groups is 1. The molecule has 2 aromatic carbocycles. The second kappa shape index (κ2) is 8.60. The van der Waals surface area contributed by atoms with Crippen LogP contribution in [0.4, 0.5) is 5.82 Å². The van der Waals surface area contributed by atoms with Crippen LogP contribution < -0.4 is 14.8 Å². The Labute approximate surface area is 162 Å². The molecule has 27 heavy (non-hydrogen) atoms. The Morgan fingerprint density at radius 1 is 1.11 bits per heavy atom. The van der Waals surface area contributed by atoms with Crippen molar-refractivity contribution in [1.82, 2.24) is 10.2 Å². The van der Waals surface area contributed by atoms with E-state index < -0.39 is 0 Å². The number of amides is 1. The molecule has 0 saturated heterocycles. The van der Waals surface area contributed by atoms with E-state index in [0.717, 1.165) is 22.6 Å². The van der Waals surface area contributed by atoms with Gasteiger partial charge in [-0.1, -0.05) is 29.8 Å². The number of hydrogen-bond donors (Lipinski definition) is 2. The first-order valence-corrected chi connectivity index (χ1v) is 8.79. The van der Waals surface area contributed by atoms with Crippen molar-refractivity contribution in [2.75, 3.05) is 19.5 Å². The zero-order valence-corrected chi connectivity index (χ0v) is 15.8. The van der Waals surface area contributed by atoms with Gasteiger partial charge in [0.15, 0.2) is 5.82 Å². The monoisotopic (exact) mass is 385 g/mol. The zero-order valence-electron chi connectivity index (χ0n) is 15.1. The topological polar surface area (TPSA) is 76.2 Å². The number of carbonyl (C=O) groups excluding carboxylic acids is 1. The van der Waals surface area contributed by atoms with Gasteiger partial charge < -0.3 is 14.8 Å². The fourth-order valence-electron chi connectivity index (χ4n) is 2.72. The van der Waals surface area contributed by atoms with Gasteiger partial charge in [0.2, 0.25) is 5.91 Å². The van der Waals surface area contributed by atoms with Crippen LogP contribution in [0.15, 0.2) is 48.5 Å². The molecule has 0 spiro atoms. The lowest BCUT2D eigenvalue weighted by molar-refractivity contribution is -0.116. The van der Waals surface area contributed by atoms with Crippen LogP contribution in [-0.2, 0) is 11.2 Å². The van der Waals surface area contributed by atoms with Crippen molar-refractivity contribution < 1.29 is 14.3 Å². The van der Waals surface area contributed by atoms with Gasteiger partial charge in [0, 0.05) is 18.1 Å². The Kier molecular flexibility index (Phi) is 5.98. The average Bonchev–Trinajstić information content (AvgIpc) is 3.14. The summed E-state index contributed by atoms with van der Waals surface area (Å²) in [4.78, 5) is 12.2. The van der Waals surface area contributed by atoms with Crippen molar-refractivity contribution in [3.63, 3.8) is 0 Å². The molecule has 0 bridgehead atoms. The smallest absolute Gasteiger partial charge is 0.225 e. The van der Waals surface area contributed by atoms with Gasteiger partial charge in [-0.25, -0.2) is 0 Å². The van der Waals surface area contributed by atoms with Crippen molar-refractivity contribution in [3.05, 3.63) is 59.1 Å². The summed E-state index contributed by atoms with van der Waals surface area (Å²) in [5, 5.41) is 10.4. The summed E-state index contributed by atoms with van der Waals surface area (Å²) < 4.78 is 10.5. The number of hydrogen-bond acceptors (Lipinski definition) is 4. The Bertz CT molecular complexity index is 940. The predicted molar refractivity (Wildman–Crippen MR) is 106 cm³/mol. The third-order valence-electron chi connectivity index (χ3n) is 4.10. The number of aromatic nitrogens is 2. The largest absolute Gasteiger partial charge is 0.496 e. The number of methoxy groups -OCH3 is 2. The number of H-pyrrole nitrogens is 1. The van der Waals surface area contributed by atoms with Crippen LogP contribution in [0.25, 0.3) is 11.3 Å². The molecule has 7 heteroatoms. The number of aryl methyl sites for hydroxylation is 1. The number of halogens is 1. The van der Waals surface area contributed by atoms with Crippen molar-refractivity contribution in [2.24, 2.45) is 0 Å². The van der Waals surface area contributed by atoms with Crippen LogP contribution in [0.3, 0.4) is 0 Å². The molecular weight excluding hydrogens is 366 g/mol. The van der Waals surface area contributed by atoms with Crippen molar-refractivity contribution in [1.29, 1.82) is 0 Å².